The molecule has 1 N–H and O–H groups in total. The number of aromatic nitrogens is 1. The lowest BCUT2D eigenvalue weighted by Crippen LogP contribution is -2.13. The maximum Gasteiger partial charge on any atom is 0.129 e. The molecule has 0 aromatic carbocycles. The molecule has 58 valence electrons. The Bertz CT molecular complexity index is 268. The van der Waals surface area contributed by atoms with Gasteiger partial charge in [0.25, 0.3) is 0 Å². The first kappa shape index (κ1) is 6.65. The van der Waals surface area contributed by atoms with Crippen molar-refractivity contribution in [3.63, 3.8) is 0 Å². The van der Waals surface area contributed by atoms with Gasteiger partial charge in [0.1, 0.15) is 5.82 Å². The van der Waals surface area contributed by atoms with E-state index in [4.69, 9.17) is 0 Å². The molecule has 0 unspecified atom stereocenters. The van der Waals surface area contributed by atoms with Crippen LogP contribution in [0.4, 0.5) is 5.82 Å². The highest BCUT2D eigenvalue weighted by Crippen LogP contribution is 2.18. The van der Waals surface area contributed by atoms with Crippen LogP contribution in [0.3, 0.4) is 0 Å². The van der Waals surface area contributed by atoms with Gasteiger partial charge in [0.2, 0.25) is 0 Å². The number of aryl methyl sites for hydroxylation is 2. The minimum atomic E-state index is 1.07. The highest BCUT2D eigenvalue weighted by atomic mass is 15.0. The summed E-state index contributed by atoms with van der Waals surface area (Å²) in [5, 5.41) is 3.29. The maximum absolute atomic E-state index is 4.40. The molecule has 2 heteroatoms. The molecular weight excluding hydrogens is 136 g/mol. The van der Waals surface area contributed by atoms with E-state index in [0.717, 1.165) is 18.1 Å². The highest BCUT2D eigenvalue weighted by molar-refractivity contribution is 5.46. The molecular formula is C9H12N2. The molecule has 2 nitrogen and oxygen atoms in total. The molecule has 1 aromatic rings. The molecule has 1 aromatic heterocycles. The quantitative estimate of drug-likeness (QED) is 0.606. The molecule has 0 fully saturated rings. The SMILES string of the molecule is Cc1ccc2c(n1)NCCC2. The van der Waals surface area contributed by atoms with Crippen LogP contribution in [0.5, 0.6) is 0 Å². The summed E-state index contributed by atoms with van der Waals surface area (Å²) in [4.78, 5) is 4.40. The van der Waals surface area contributed by atoms with Crippen LogP contribution < -0.4 is 5.32 Å². The third-order valence-corrected chi connectivity index (χ3v) is 2.03. The summed E-state index contributed by atoms with van der Waals surface area (Å²) < 4.78 is 0. The fourth-order valence-corrected chi connectivity index (χ4v) is 1.43. The van der Waals surface area contributed by atoms with E-state index in [1.165, 1.54) is 18.4 Å². The first-order chi connectivity index (χ1) is 5.36. The molecule has 0 saturated heterocycles. The Balaban J connectivity index is 2.43. The van der Waals surface area contributed by atoms with Crippen molar-refractivity contribution in [3.8, 4) is 0 Å². The van der Waals surface area contributed by atoms with Gasteiger partial charge >= 0.3 is 0 Å². The van der Waals surface area contributed by atoms with E-state index in [1.54, 1.807) is 0 Å². The molecule has 2 heterocycles. The van der Waals surface area contributed by atoms with Crippen LogP contribution in [0.15, 0.2) is 12.1 Å². The molecule has 0 radical (unpaired) electrons. The van der Waals surface area contributed by atoms with Crippen LogP contribution in [-0.4, -0.2) is 11.5 Å². The van der Waals surface area contributed by atoms with Gasteiger partial charge in [-0.25, -0.2) is 4.98 Å². The Morgan fingerprint density at radius 1 is 1.45 bits per heavy atom. The normalized spacial score (nSPS) is 15.4. The molecule has 0 saturated carbocycles. The second kappa shape index (κ2) is 2.53. The maximum atomic E-state index is 4.40. The van der Waals surface area contributed by atoms with Crippen molar-refractivity contribution < 1.29 is 0 Å². The molecule has 0 amide bonds. The van der Waals surface area contributed by atoms with Crippen LogP contribution in [0.1, 0.15) is 17.7 Å². The molecule has 11 heavy (non-hydrogen) atoms. The van der Waals surface area contributed by atoms with E-state index in [9.17, 15) is 0 Å². The number of fused-ring (bicyclic) bond motifs is 1. The molecule has 2 rings (SSSR count). The van der Waals surface area contributed by atoms with Crippen molar-refractivity contribution in [1.82, 2.24) is 4.98 Å². The lowest BCUT2D eigenvalue weighted by molar-refractivity contribution is 0.815. The number of pyridine rings is 1. The Morgan fingerprint density at radius 3 is 3.27 bits per heavy atom. The van der Waals surface area contributed by atoms with Crippen molar-refractivity contribution in [1.29, 1.82) is 0 Å². The average molecular weight is 148 g/mol. The largest absolute Gasteiger partial charge is 0.370 e. The van der Waals surface area contributed by atoms with Crippen molar-refractivity contribution >= 4 is 5.82 Å². The summed E-state index contributed by atoms with van der Waals surface area (Å²) >= 11 is 0. The minimum absolute atomic E-state index is 1.07. The summed E-state index contributed by atoms with van der Waals surface area (Å²) in [5.41, 5.74) is 2.46. The van der Waals surface area contributed by atoms with Crippen LogP contribution in [0.25, 0.3) is 0 Å². The van der Waals surface area contributed by atoms with Crippen LogP contribution in [-0.2, 0) is 6.42 Å². The zero-order valence-electron chi connectivity index (χ0n) is 6.72. The van der Waals surface area contributed by atoms with Gasteiger partial charge in [-0.05, 0) is 31.4 Å². The minimum Gasteiger partial charge on any atom is -0.370 e. The fraction of sp³-hybridized carbons (Fsp3) is 0.444. The van der Waals surface area contributed by atoms with E-state index in [1.807, 2.05) is 6.92 Å². The van der Waals surface area contributed by atoms with Gasteiger partial charge in [-0.15, -0.1) is 0 Å². The fourth-order valence-electron chi connectivity index (χ4n) is 1.43. The van der Waals surface area contributed by atoms with Gasteiger partial charge in [0.15, 0.2) is 0 Å². The standard InChI is InChI=1S/C9H12N2/c1-7-4-5-8-3-2-6-10-9(8)11-7/h4-5H,2-3,6H2,1H3,(H,10,11). The van der Waals surface area contributed by atoms with E-state index in [-0.39, 0.29) is 0 Å². The summed E-state index contributed by atoms with van der Waals surface area (Å²) in [6.07, 6.45) is 2.41. The lowest BCUT2D eigenvalue weighted by atomic mass is 10.1. The number of hydrogen-bond acceptors (Lipinski definition) is 2. The van der Waals surface area contributed by atoms with Gasteiger partial charge in [0, 0.05) is 12.2 Å². The first-order valence-corrected chi connectivity index (χ1v) is 4.07. The summed E-state index contributed by atoms with van der Waals surface area (Å²) in [6, 6.07) is 4.25. The summed E-state index contributed by atoms with van der Waals surface area (Å²) in [5.74, 6) is 1.09. The summed E-state index contributed by atoms with van der Waals surface area (Å²) in [7, 11) is 0. The molecule has 0 bridgehead atoms. The van der Waals surface area contributed by atoms with E-state index in [2.05, 4.69) is 22.4 Å². The Labute approximate surface area is 66.7 Å². The molecule has 0 spiro atoms. The Kier molecular flexibility index (Phi) is 1.53. The number of anilines is 1. The van der Waals surface area contributed by atoms with E-state index < -0.39 is 0 Å². The molecule has 0 aliphatic carbocycles. The Morgan fingerprint density at radius 2 is 2.36 bits per heavy atom. The van der Waals surface area contributed by atoms with Crippen LogP contribution in [0, 0.1) is 6.92 Å². The predicted molar refractivity (Wildman–Crippen MR) is 45.8 cm³/mol. The average Bonchev–Trinajstić information content (AvgIpc) is 2.04. The molecule has 1 aliphatic rings. The lowest BCUT2D eigenvalue weighted by Gasteiger charge is -2.16. The van der Waals surface area contributed by atoms with Crippen LogP contribution >= 0.6 is 0 Å². The van der Waals surface area contributed by atoms with Gasteiger partial charge in [-0.1, -0.05) is 6.07 Å². The van der Waals surface area contributed by atoms with Crippen molar-refractivity contribution in [2.75, 3.05) is 11.9 Å². The zero-order valence-corrected chi connectivity index (χ0v) is 6.72. The highest BCUT2D eigenvalue weighted by Gasteiger charge is 2.08. The van der Waals surface area contributed by atoms with Crippen molar-refractivity contribution in [3.05, 3.63) is 23.4 Å². The van der Waals surface area contributed by atoms with Crippen molar-refractivity contribution in [2.45, 2.75) is 19.8 Å². The van der Waals surface area contributed by atoms with Gasteiger partial charge < -0.3 is 5.32 Å². The number of nitrogens with zero attached hydrogens (tertiary/aromatic N) is 1. The van der Waals surface area contributed by atoms with Crippen LogP contribution in [0.2, 0.25) is 0 Å². The predicted octanol–water partition coefficient (Wildman–Crippen LogP) is 1.75. The first-order valence-electron chi connectivity index (χ1n) is 4.07. The number of nitrogens with one attached hydrogen (secondary N) is 1. The Hall–Kier alpha value is -1.05. The van der Waals surface area contributed by atoms with Gasteiger partial charge in [0.05, 0.1) is 0 Å². The third-order valence-electron chi connectivity index (χ3n) is 2.03. The molecule has 0 atom stereocenters. The van der Waals surface area contributed by atoms with Crippen molar-refractivity contribution in [2.24, 2.45) is 0 Å². The number of rotatable bonds is 0. The third kappa shape index (κ3) is 1.20. The second-order valence-electron chi connectivity index (χ2n) is 2.99. The summed E-state index contributed by atoms with van der Waals surface area (Å²) in [6.45, 7) is 3.10. The topological polar surface area (TPSA) is 24.9 Å². The molecule has 1 aliphatic heterocycles. The van der Waals surface area contributed by atoms with E-state index in [0.29, 0.717) is 0 Å². The van der Waals surface area contributed by atoms with Gasteiger partial charge in [-0.2, -0.15) is 0 Å². The smallest absolute Gasteiger partial charge is 0.129 e. The zero-order chi connectivity index (χ0) is 7.68. The van der Waals surface area contributed by atoms with Gasteiger partial charge in [-0.3, -0.25) is 0 Å². The monoisotopic (exact) mass is 148 g/mol. The number of hydrogen-bond donors (Lipinski definition) is 1. The van der Waals surface area contributed by atoms with E-state index >= 15 is 0 Å². The second-order valence-corrected chi connectivity index (χ2v) is 2.99.